The van der Waals surface area contributed by atoms with Gasteiger partial charge < -0.3 is 14.8 Å². The molecule has 0 saturated carbocycles. The van der Waals surface area contributed by atoms with Crippen LogP contribution < -0.4 is 10.1 Å². The van der Waals surface area contributed by atoms with E-state index in [2.05, 4.69) is 34.3 Å². The van der Waals surface area contributed by atoms with Gasteiger partial charge in [-0.2, -0.15) is 0 Å². The molecule has 1 atom stereocenters. The number of aromatic nitrogens is 2. The zero-order valence-corrected chi connectivity index (χ0v) is 12.7. The van der Waals surface area contributed by atoms with Crippen molar-refractivity contribution in [2.75, 3.05) is 14.2 Å². The van der Waals surface area contributed by atoms with Gasteiger partial charge >= 0.3 is 0 Å². The number of methoxy groups -OCH3 is 2. The molecule has 0 aliphatic rings. The Balaban J connectivity index is 2.04. The fourth-order valence-corrected chi connectivity index (χ4v) is 2.13. The first-order valence-electron chi connectivity index (χ1n) is 6.88. The van der Waals surface area contributed by atoms with Gasteiger partial charge in [0.2, 0.25) is 0 Å². The van der Waals surface area contributed by atoms with E-state index in [1.807, 2.05) is 12.1 Å². The largest absolute Gasteiger partial charge is 0.496 e. The molecule has 0 aliphatic heterocycles. The Kier molecular flexibility index (Phi) is 5.66. The maximum absolute atomic E-state index is 5.34. The highest BCUT2D eigenvalue weighted by Crippen LogP contribution is 2.24. The van der Waals surface area contributed by atoms with Crippen molar-refractivity contribution < 1.29 is 9.47 Å². The molecule has 1 N–H and O–H groups in total. The minimum Gasteiger partial charge on any atom is -0.496 e. The zero-order valence-electron chi connectivity index (χ0n) is 12.7. The Morgan fingerprint density at radius 1 is 1.24 bits per heavy atom. The summed E-state index contributed by atoms with van der Waals surface area (Å²) in [6.45, 7) is 3.37. The van der Waals surface area contributed by atoms with Crippen LogP contribution in [-0.4, -0.2) is 24.2 Å². The van der Waals surface area contributed by atoms with E-state index in [0.29, 0.717) is 13.2 Å². The number of hydrogen-bond donors (Lipinski definition) is 1. The van der Waals surface area contributed by atoms with Crippen LogP contribution in [0.5, 0.6) is 5.75 Å². The second kappa shape index (κ2) is 7.71. The molecule has 0 spiro atoms. The topological polar surface area (TPSA) is 56.3 Å². The van der Waals surface area contributed by atoms with E-state index in [0.717, 1.165) is 17.0 Å². The summed E-state index contributed by atoms with van der Waals surface area (Å²) in [4.78, 5) is 8.12. The van der Waals surface area contributed by atoms with Crippen molar-refractivity contribution in [1.29, 1.82) is 0 Å². The van der Waals surface area contributed by atoms with Gasteiger partial charge in [0.05, 0.1) is 19.4 Å². The van der Waals surface area contributed by atoms with E-state index in [1.54, 1.807) is 26.7 Å². The van der Waals surface area contributed by atoms with Crippen molar-refractivity contribution in [2.24, 2.45) is 0 Å². The van der Waals surface area contributed by atoms with Gasteiger partial charge in [0.15, 0.2) is 0 Å². The molecular weight excluding hydrogens is 266 g/mol. The first-order valence-corrected chi connectivity index (χ1v) is 6.88. The lowest BCUT2D eigenvalue weighted by molar-refractivity contribution is 0.181. The number of ether oxygens (including phenoxy) is 2. The lowest BCUT2D eigenvalue weighted by Crippen LogP contribution is -2.19. The van der Waals surface area contributed by atoms with Crippen LogP contribution in [0.25, 0.3) is 0 Å². The molecule has 5 nitrogen and oxygen atoms in total. The fourth-order valence-electron chi connectivity index (χ4n) is 2.13. The third kappa shape index (κ3) is 4.24. The molecule has 1 unspecified atom stereocenters. The summed E-state index contributed by atoms with van der Waals surface area (Å²) in [6.07, 6.45) is 3.31. The van der Waals surface area contributed by atoms with Crippen LogP contribution in [0, 0.1) is 0 Å². The van der Waals surface area contributed by atoms with Crippen molar-refractivity contribution in [3.05, 3.63) is 53.6 Å². The van der Waals surface area contributed by atoms with Crippen molar-refractivity contribution in [3.63, 3.8) is 0 Å². The Labute approximate surface area is 125 Å². The average molecular weight is 287 g/mol. The summed E-state index contributed by atoms with van der Waals surface area (Å²) in [7, 11) is 3.36. The molecule has 0 fully saturated rings. The molecule has 0 amide bonds. The van der Waals surface area contributed by atoms with Gasteiger partial charge in [-0.3, -0.25) is 0 Å². The van der Waals surface area contributed by atoms with E-state index in [4.69, 9.17) is 9.47 Å². The second-order valence-electron chi connectivity index (χ2n) is 4.81. The van der Waals surface area contributed by atoms with Crippen LogP contribution in [0.15, 0.2) is 36.8 Å². The highest BCUT2D eigenvalue weighted by Gasteiger charge is 2.09. The Morgan fingerprint density at radius 3 is 2.76 bits per heavy atom. The van der Waals surface area contributed by atoms with E-state index < -0.39 is 0 Å². The van der Waals surface area contributed by atoms with Crippen LogP contribution in [0.4, 0.5) is 0 Å². The molecule has 0 saturated heterocycles. The summed E-state index contributed by atoms with van der Waals surface area (Å²) in [5.74, 6) is 0.851. The van der Waals surface area contributed by atoms with Crippen LogP contribution in [0.1, 0.15) is 29.8 Å². The normalized spacial score (nSPS) is 12.1. The standard InChI is InChI=1S/C16H21N3O2/c1-12(18-9-15-6-7-17-11-19-15)13-4-5-16(21-3)14(8-13)10-20-2/h4-8,11-12,18H,9-10H2,1-3H3. The number of nitrogens with zero attached hydrogens (tertiary/aromatic N) is 2. The summed E-state index contributed by atoms with van der Waals surface area (Å²) < 4.78 is 10.6. The Bertz CT molecular complexity index is 561. The van der Waals surface area contributed by atoms with Crippen LogP contribution in [0.2, 0.25) is 0 Å². The molecule has 2 rings (SSSR count). The highest BCUT2D eigenvalue weighted by atomic mass is 16.5. The van der Waals surface area contributed by atoms with Crippen LogP contribution in [0.3, 0.4) is 0 Å². The first-order chi connectivity index (χ1) is 10.2. The van der Waals surface area contributed by atoms with E-state index in [-0.39, 0.29) is 6.04 Å². The number of nitrogens with one attached hydrogen (secondary N) is 1. The molecule has 112 valence electrons. The molecule has 0 bridgehead atoms. The smallest absolute Gasteiger partial charge is 0.124 e. The molecule has 0 aliphatic carbocycles. The predicted molar refractivity (Wildman–Crippen MR) is 81.0 cm³/mol. The quantitative estimate of drug-likeness (QED) is 0.848. The van der Waals surface area contributed by atoms with Gasteiger partial charge in [0.25, 0.3) is 0 Å². The van der Waals surface area contributed by atoms with Crippen LogP contribution in [-0.2, 0) is 17.9 Å². The molecule has 0 radical (unpaired) electrons. The number of hydrogen-bond acceptors (Lipinski definition) is 5. The number of rotatable bonds is 7. The van der Waals surface area contributed by atoms with E-state index in [9.17, 15) is 0 Å². The predicted octanol–water partition coefficient (Wildman–Crippen LogP) is 2.48. The maximum atomic E-state index is 5.34. The second-order valence-corrected chi connectivity index (χ2v) is 4.81. The lowest BCUT2D eigenvalue weighted by atomic mass is 10.0. The molecule has 5 heteroatoms. The summed E-state index contributed by atoms with van der Waals surface area (Å²) in [5, 5.41) is 3.45. The summed E-state index contributed by atoms with van der Waals surface area (Å²) in [6, 6.07) is 8.27. The molecule has 1 aromatic carbocycles. The van der Waals surface area contributed by atoms with Gasteiger partial charge in [-0.1, -0.05) is 6.07 Å². The monoisotopic (exact) mass is 287 g/mol. The molecular formula is C16H21N3O2. The van der Waals surface area contributed by atoms with Crippen molar-refractivity contribution in [2.45, 2.75) is 26.1 Å². The van der Waals surface area contributed by atoms with E-state index >= 15 is 0 Å². The van der Waals surface area contributed by atoms with E-state index in [1.165, 1.54) is 5.56 Å². The van der Waals surface area contributed by atoms with Crippen LogP contribution >= 0.6 is 0 Å². The van der Waals surface area contributed by atoms with Gasteiger partial charge in [0, 0.05) is 31.5 Å². The van der Waals surface area contributed by atoms with Crippen molar-refractivity contribution in [3.8, 4) is 5.75 Å². The zero-order chi connectivity index (χ0) is 15.1. The van der Waals surface area contributed by atoms with Crippen molar-refractivity contribution in [1.82, 2.24) is 15.3 Å². The summed E-state index contributed by atoms with van der Waals surface area (Å²) in [5.41, 5.74) is 3.22. The molecule has 1 aromatic heterocycles. The average Bonchev–Trinajstić information content (AvgIpc) is 2.54. The van der Waals surface area contributed by atoms with Gasteiger partial charge in [-0.05, 0) is 30.7 Å². The third-order valence-corrected chi connectivity index (χ3v) is 3.34. The molecule has 1 heterocycles. The molecule has 2 aromatic rings. The highest BCUT2D eigenvalue weighted by molar-refractivity contribution is 5.38. The summed E-state index contributed by atoms with van der Waals surface area (Å²) >= 11 is 0. The first kappa shape index (κ1) is 15.4. The fraction of sp³-hybridized carbons (Fsp3) is 0.375. The molecule has 21 heavy (non-hydrogen) atoms. The Hall–Kier alpha value is -1.98. The number of benzene rings is 1. The van der Waals surface area contributed by atoms with Crippen molar-refractivity contribution >= 4 is 0 Å². The third-order valence-electron chi connectivity index (χ3n) is 3.34. The maximum Gasteiger partial charge on any atom is 0.124 e. The lowest BCUT2D eigenvalue weighted by Gasteiger charge is -2.16. The van der Waals surface area contributed by atoms with Gasteiger partial charge in [-0.25, -0.2) is 9.97 Å². The minimum absolute atomic E-state index is 0.210. The van der Waals surface area contributed by atoms with Gasteiger partial charge in [0.1, 0.15) is 12.1 Å². The minimum atomic E-state index is 0.210. The van der Waals surface area contributed by atoms with Gasteiger partial charge in [-0.15, -0.1) is 0 Å². The SMILES string of the molecule is COCc1cc(C(C)NCc2ccncn2)ccc1OC. The Morgan fingerprint density at radius 2 is 2.10 bits per heavy atom.